The van der Waals surface area contributed by atoms with Crippen LogP contribution in [0.15, 0.2) is 43.0 Å². The second kappa shape index (κ2) is 5.54. The van der Waals surface area contributed by atoms with E-state index < -0.39 is 18.1 Å². The Kier molecular flexibility index (Phi) is 4.35. The van der Waals surface area contributed by atoms with Crippen LogP contribution in [0.2, 0.25) is 0 Å². The molecule has 1 aromatic rings. The number of rotatable bonds is 6. The summed E-state index contributed by atoms with van der Waals surface area (Å²) in [5, 5.41) is 0. The third-order valence-electron chi connectivity index (χ3n) is 2.29. The minimum Gasteiger partial charge on any atom is -0.293 e. The van der Waals surface area contributed by atoms with E-state index in [1.54, 1.807) is 0 Å². The predicted molar refractivity (Wildman–Crippen MR) is 59.5 cm³/mol. The van der Waals surface area contributed by atoms with Crippen molar-refractivity contribution in [3.8, 4) is 0 Å². The Morgan fingerprint density at radius 1 is 1.31 bits per heavy atom. The van der Waals surface area contributed by atoms with Gasteiger partial charge < -0.3 is 0 Å². The van der Waals surface area contributed by atoms with Crippen molar-refractivity contribution in [3.63, 3.8) is 0 Å². The van der Waals surface area contributed by atoms with Crippen molar-refractivity contribution in [2.24, 2.45) is 0 Å². The summed E-state index contributed by atoms with van der Waals surface area (Å²) in [4.78, 5) is 11.2. The predicted octanol–water partition coefficient (Wildman–Crippen LogP) is 3.40. The van der Waals surface area contributed by atoms with Crippen LogP contribution in [0, 0.1) is 0 Å². The quantitative estimate of drug-likeness (QED) is 0.677. The summed E-state index contributed by atoms with van der Waals surface area (Å²) in [7, 11) is 0. The second-order valence-corrected chi connectivity index (χ2v) is 3.61. The number of ketones is 1. The number of aryl methyl sites for hydroxylation is 1. The topological polar surface area (TPSA) is 17.1 Å². The maximum absolute atomic E-state index is 13.1. The van der Waals surface area contributed by atoms with Gasteiger partial charge in [-0.15, -0.1) is 6.58 Å². The fourth-order valence-corrected chi connectivity index (χ4v) is 1.38. The number of Topliss-reactive ketones (excluding diaryl/α,β-unsaturated/α-hetero) is 1. The molecule has 0 fully saturated rings. The van der Waals surface area contributed by atoms with Crippen molar-refractivity contribution in [1.29, 1.82) is 0 Å². The van der Waals surface area contributed by atoms with Gasteiger partial charge in [-0.1, -0.05) is 36.4 Å². The average Bonchev–Trinajstić information content (AvgIpc) is 2.27. The normalized spacial score (nSPS) is 11.1. The Morgan fingerprint density at radius 2 is 1.94 bits per heavy atom. The Labute approximate surface area is 93.8 Å². The molecule has 0 aliphatic rings. The van der Waals surface area contributed by atoms with E-state index in [9.17, 15) is 13.6 Å². The van der Waals surface area contributed by atoms with Crippen molar-refractivity contribution in [3.05, 3.63) is 48.6 Å². The van der Waals surface area contributed by atoms with Crippen LogP contribution in [0.4, 0.5) is 8.78 Å². The van der Waals surface area contributed by atoms with Crippen LogP contribution in [-0.4, -0.2) is 11.7 Å². The Balaban J connectivity index is 2.50. The number of carbonyl (C=O) groups is 1. The molecule has 0 atom stereocenters. The molecule has 0 spiro atoms. The molecule has 1 aromatic carbocycles. The molecule has 3 heteroatoms. The second-order valence-electron chi connectivity index (χ2n) is 3.61. The van der Waals surface area contributed by atoms with E-state index in [0.29, 0.717) is 6.42 Å². The molecule has 1 rings (SSSR count). The summed E-state index contributed by atoms with van der Waals surface area (Å²) in [5.74, 6) is -4.28. The fraction of sp³-hybridized carbons (Fsp3) is 0.308. The molecule has 0 saturated heterocycles. The molecule has 0 bridgehead atoms. The van der Waals surface area contributed by atoms with Gasteiger partial charge in [0.2, 0.25) is 5.78 Å². The Hall–Kier alpha value is -1.51. The minimum atomic E-state index is -3.27. The monoisotopic (exact) mass is 224 g/mol. The summed E-state index contributed by atoms with van der Waals surface area (Å²) in [6, 6.07) is 9.12. The average molecular weight is 224 g/mol. The highest BCUT2D eigenvalue weighted by molar-refractivity contribution is 5.85. The lowest BCUT2D eigenvalue weighted by molar-refractivity contribution is -0.142. The molecule has 0 saturated carbocycles. The van der Waals surface area contributed by atoms with E-state index in [4.69, 9.17) is 0 Å². The Morgan fingerprint density at radius 3 is 2.50 bits per heavy atom. The van der Waals surface area contributed by atoms with Crippen LogP contribution in [0.1, 0.15) is 18.4 Å². The van der Waals surface area contributed by atoms with E-state index in [1.165, 1.54) is 0 Å². The van der Waals surface area contributed by atoms with Crippen molar-refractivity contribution >= 4 is 5.78 Å². The van der Waals surface area contributed by atoms with Crippen molar-refractivity contribution in [2.45, 2.75) is 25.2 Å². The van der Waals surface area contributed by atoms with Crippen LogP contribution in [-0.2, 0) is 11.2 Å². The van der Waals surface area contributed by atoms with Crippen LogP contribution >= 0.6 is 0 Å². The van der Waals surface area contributed by atoms with Crippen molar-refractivity contribution < 1.29 is 13.6 Å². The molecule has 0 aromatic heterocycles. The number of benzene rings is 1. The highest BCUT2D eigenvalue weighted by atomic mass is 19.3. The van der Waals surface area contributed by atoms with Gasteiger partial charge >= 0.3 is 5.92 Å². The summed E-state index contributed by atoms with van der Waals surface area (Å²) >= 11 is 0. The van der Waals surface area contributed by atoms with Gasteiger partial charge in [-0.05, 0) is 12.0 Å². The lowest BCUT2D eigenvalue weighted by Gasteiger charge is -2.12. The van der Waals surface area contributed by atoms with Crippen LogP contribution in [0.3, 0.4) is 0 Å². The van der Waals surface area contributed by atoms with Gasteiger partial charge in [-0.3, -0.25) is 4.79 Å². The van der Waals surface area contributed by atoms with Gasteiger partial charge in [0.25, 0.3) is 0 Å². The van der Waals surface area contributed by atoms with Crippen LogP contribution in [0.25, 0.3) is 0 Å². The standard InChI is InChI=1S/C13H14F2O/c1-2-10-13(14,15)12(16)9-8-11-6-4-3-5-7-11/h2-7H,1,8-10H2. The first kappa shape index (κ1) is 12.6. The minimum absolute atomic E-state index is 0.134. The zero-order chi connectivity index (χ0) is 12.0. The molecule has 0 heterocycles. The summed E-state index contributed by atoms with van der Waals surface area (Å²) in [6.45, 7) is 3.21. The van der Waals surface area contributed by atoms with Crippen LogP contribution in [0.5, 0.6) is 0 Å². The van der Waals surface area contributed by atoms with Crippen molar-refractivity contribution in [2.75, 3.05) is 0 Å². The molecule has 0 N–H and O–H groups in total. The number of hydrogen-bond acceptors (Lipinski definition) is 1. The number of carbonyl (C=O) groups excluding carboxylic acids is 1. The van der Waals surface area contributed by atoms with Gasteiger partial charge in [-0.2, -0.15) is 8.78 Å². The lowest BCUT2D eigenvalue weighted by Crippen LogP contribution is -2.28. The van der Waals surface area contributed by atoms with E-state index in [2.05, 4.69) is 6.58 Å². The van der Waals surface area contributed by atoms with Gasteiger partial charge in [-0.25, -0.2) is 0 Å². The number of hydrogen-bond donors (Lipinski definition) is 0. The van der Waals surface area contributed by atoms with Crippen molar-refractivity contribution in [1.82, 2.24) is 0 Å². The molecule has 0 unspecified atom stereocenters. The third-order valence-corrected chi connectivity index (χ3v) is 2.29. The molecular weight excluding hydrogens is 210 g/mol. The summed E-state index contributed by atoms with van der Waals surface area (Å²) in [6.07, 6.45) is 0.707. The number of alkyl halides is 2. The molecule has 16 heavy (non-hydrogen) atoms. The maximum atomic E-state index is 13.1. The van der Waals surface area contributed by atoms with Crippen LogP contribution < -0.4 is 0 Å². The zero-order valence-electron chi connectivity index (χ0n) is 8.96. The van der Waals surface area contributed by atoms with Gasteiger partial charge in [0.15, 0.2) is 0 Å². The highest BCUT2D eigenvalue weighted by Crippen LogP contribution is 2.22. The highest BCUT2D eigenvalue weighted by Gasteiger charge is 2.35. The van der Waals surface area contributed by atoms with E-state index >= 15 is 0 Å². The Bertz CT molecular complexity index is 357. The molecular formula is C13H14F2O. The molecule has 86 valence electrons. The first-order chi connectivity index (χ1) is 7.56. The third kappa shape index (κ3) is 3.57. The summed E-state index contributed by atoms with van der Waals surface area (Å²) < 4.78 is 26.2. The number of halogens is 2. The van der Waals surface area contributed by atoms with E-state index in [1.807, 2.05) is 30.3 Å². The van der Waals surface area contributed by atoms with Gasteiger partial charge in [0, 0.05) is 12.8 Å². The van der Waals surface area contributed by atoms with E-state index in [0.717, 1.165) is 11.6 Å². The maximum Gasteiger partial charge on any atom is 0.308 e. The smallest absolute Gasteiger partial charge is 0.293 e. The molecule has 0 aliphatic carbocycles. The molecule has 0 aliphatic heterocycles. The summed E-state index contributed by atoms with van der Waals surface area (Å²) in [5.41, 5.74) is 0.894. The van der Waals surface area contributed by atoms with Gasteiger partial charge in [0.05, 0.1) is 0 Å². The molecule has 1 nitrogen and oxygen atoms in total. The van der Waals surface area contributed by atoms with E-state index in [-0.39, 0.29) is 6.42 Å². The molecule has 0 amide bonds. The SMILES string of the molecule is C=CCC(F)(F)C(=O)CCc1ccccc1. The lowest BCUT2D eigenvalue weighted by atomic mass is 10.0. The molecule has 0 radical (unpaired) electrons. The largest absolute Gasteiger partial charge is 0.308 e. The van der Waals surface area contributed by atoms with Gasteiger partial charge in [0.1, 0.15) is 0 Å². The zero-order valence-corrected chi connectivity index (χ0v) is 8.96. The fourth-order valence-electron chi connectivity index (χ4n) is 1.38. The number of allylic oxidation sites excluding steroid dienone is 1. The first-order valence-electron chi connectivity index (χ1n) is 5.12. The first-order valence-corrected chi connectivity index (χ1v) is 5.12.